The van der Waals surface area contributed by atoms with Crippen LogP contribution in [0.4, 0.5) is 0 Å². The van der Waals surface area contributed by atoms with Gasteiger partial charge in [-0.1, -0.05) is 23.6 Å². The Kier molecular flexibility index (Phi) is 3.75. The van der Waals surface area contributed by atoms with Crippen molar-refractivity contribution < 1.29 is 0 Å². The molecule has 0 spiro atoms. The molecule has 0 aromatic carbocycles. The van der Waals surface area contributed by atoms with Crippen LogP contribution in [-0.4, -0.2) is 23.5 Å². The summed E-state index contributed by atoms with van der Waals surface area (Å²) in [6, 6.07) is 5.57. The van der Waals surface area contributed by atoms with E-state index in [0.717, 1.165) is 12.2 Å². The van der Waals surface area contributed by atoms with Crippen molar-refractivity contribution in [2.75, 3.05) is 13.6 Å². The van der Waals surface area contributed by atoms with Crippen molar-refractivity contribution in [3.8, 4) is 12.3 Å². The molecule has 0 radical (unpaired) electrons. The van der Waals surface area contributed by atoms with Crippen molar-refractivity contribution >= 4 is 11.6 Å². The van der Waals surface area contributed by atoms with Crippen LogP contribution in [0.1, 0.15) is 5.69 Å². The molecule has 0 bridgehead atoms. The summed E-state index contributed by atoms with van der Waals surface area (Å²) in [5, 5.41) is 0.520. The van der Waals surface area contributed by atoms with Gasteiger partial charge in [0.1, 0.15) is 5.15 Å². The molecule has 1 aromatic rings. The highest BCUT2D eigenvalue weighted by atomic mass is 35.5. The second-order valence-corrected chi connectivity index (χ2v) is 3.22. The predicted molar refractivity (Wildman–Crippen MR) is 54.4 cm³/mol. The lowest BCUT2D eigenvalue weighted by Gasteiger charge is -2.11. The van der Waals surface area contributed by atoms with Crippen LogP contribution in [0.3, 0.4) is 0 Å². The van der Waals surface area contributed by atoms with E-state index in [-0.39, 0.29) is 0 Å². The van der Waals surface area contributed by atoms with Gasteiger partial charge in [0.2, 0.25) is 0 Å². The highest BCUT2D eigenvalue weighted by molar-refractivity contribution is 6.29. The Bertz CT molecular complexity index is 317. The number of terminal acetylenes is 1. The Morgan fingerprint density at radius 1 is 1.62 bits per heavy atom. The maximum Gasteiger partial charge on any atom is 0.129 e. The quantitative estimate of drug-likeness (QED) is 0.539. The summed E-state index contributed by atoms with van der Waals surface area (Å²) in [6.07, 6.45) is 5.17. The Morgan fingerprint density at radius 2 is 2.38 bits per heavy atom. The van der Waals surface area contributed by atoms with Crippen molar-refractivity contribution in [3.05, 3.63) is 29.0 Å². The van der Waals surface area contributed by atoms with E-state index in [2.05, 4.69) is 10.9 Å². The average Bonchev–Trinajstić information content (AvgIpc) is 2.04. The second kappa shape index (κ2) is 4.86. The van der Waals surface area contributed by atoms with Gasteiger partial charge in [-0.05, 0) is 19.2 Å². The molecule has 0 aliphatic rings. The molecule has 2 nitrogen and oxygen atoms in total. The van der Waals surface area contributed by atoms with Gasteiger partial charge in [0.05, 0.1) is 12.2 Å². The van der Waals surface area contributed by atoms with Gasteiger partial charge in [-0.3, -0.25) is 4.90 Å². The van der Waals surface area contributed by atoms with Gasteiger partial charge in [0.25, 0.3) is 0 Å². The van der Waals surface area contributed by atoms with Crippen LogP contribution in [0.15, 0.2) is 18.2 Å². The monoisotopic (exact) mass is 194 g/mol. The molecule has 3 heteroatoms. The molecule has 0 aliphatic carbocycles. The van der Waals surface area contributed by atoms with Crippen molar-refractivity contribution in [1.82, 2.24) is 9.88 Å². The highest BCUT2D eigenvalue weighted by Gasteiger charge is 1.99. The Hall–Kier alpha value is -1.04. The van der Waals surface area contributed by atoms with Gasteiger partial charge >= 0.3 is 0 Å². The number of halogens is 1. The number of nitrogens with zero attached hydrogens (tertiary/aromatic N) is 2. The predicted octanol–water partition coefficient (Wildman–Crippen LogP) is 1.80. The zero-order chi connectivity index (χ0) is 9.68. The van der Waals surface area contributed by atoms with Crippen LogP contribution >= 0.6 is 11.6 Å². The lowest BCUT2D eigenvalue weighted by atomic mass is 10.3. The van der Waals surface area contributed by atoms with Crippen LogP contribution in [-0.2, 0) is 6.54 Å². The zero-order valence-electron chi connectivity index (χ0n) is 7.50. The van der Waals surface area contributed by atoms with E-state index < -0.39 is 0 Å². The molecule has 0 N–H and O–H groups in total. The fourth-order valence-corrected chi connectivity index (χ4v) is 1.21. The van der Waals surface area contributed by atoms with E-state index in [4.69, 9.17) is 18.0 Å². The fourth-order valence-electron chi connectivity index (χ4n) is 1.03. The Labute approximate surface area is 83.5 Å². The Balaban J connectivity index is 2.59. The molecule has 13 heavy (non-hydrogen) atoms. The lowest BCUT2D eigenvalue weighted by Crippen LogP contribution is -2.18. The molecule has 1 rings (SSSR count). The maximum atomic E-state index is 5.74. The molecule has 0 unspecified atom stereocenters. The minimum atomic E-state index is 0.520. The molecular weight excluding hydrogens is 184 g/mol. The summed E-state index contributed by atoms with van der Waals surface area (Å²) in [6.45, 7) is 1.35. The van der Waals surface area contributed by atoms with Crippen LogP contribution in [0.25, 0.3) is 0 Å². The van der Waals surface area contributed by atoms with Crippen molar-refractivity contribution in [3.63, 3.8) is 0 Å². The summed E-state index contributed by atoms with van der Waals surface area (Å²) >= 11 is 5.74. The smallest absolute Gasteiger partial charge is 0.129 e. The third-order valence-electron chi connectivity index (χ3n) is 1.57. The van der Waals surface area contributed by atoms with Crippen LogP contribution in [0.2, 0.25) is 5.15 Å². The van der Waals surface area contributed by atoms with Gasteiger partial charge in [0.15, 0.2) is 0 Å². The molecule has 0 fully saturated rings. The standard InChI is InChI=1S/C10H11ClN2/c1-3-7-13(2)8-9-5-4-6-10(11)12-9/h1,4-6H,7-8H2,2H3. The van der Waals surface area contributed by atoms with Crippen LogP contribution in [0.5, 0.6) is 0 Å². The van der Waals surface area contributed by atoms with E-state index in [9.17, 15) is 0 Å². The first-order valence-corrected chi connectivity index (χ1v) is 4.33. The summed E-state index contributed by atoms with van der Waals surface area (Å²) in [5.41, 5.74) is 0.935. The first-order valence-electron chi connectivity index (χ1n) is 3.96. The van der Waals surface area contributed by atoms with E-state index in [1.165, 1.54) is 0 Å². The molecule has 0 saturated carbocycles. The van der Waals surface area contributed by atoms with E-state index in [1.54, 1.807) is 6.07 Å². The number of hydrogen-bond donors (Lipinski definition) is 0. The molecule has 1 heterocycles. The Morgan fingerprint density at radius 3 is 3.00 bits per heavy atom. The number of hydrogen-bond acceptors (Lipinski definition) is 2. The van der Waals surface area contributed by atoms with Gasteiger partial charge in [-0.2, -0.15) is 0 Å². The highest BCUT2D eigenvalue weighted by Crippen LogP contribution is 2.06. The number of rotatable bonds is 3. The topological polar surface area (TPSA) is 16.1 Å². The van der Waals surface area contributed by atoms with E-state index in [0.29, 0.717) is 11.7 Å². The minimum Gasteiger partial charge on any atom is -0.290 e. The fraction of sp³-hybridized carbons (Fsp3) is 0.300. The summed E-state index contributed by atoms with van der Waals surface area (Å²) < 4.78 is 0. The largest absolute Gasteiger partial charge is 0.290 e. The van der Waals surface area contributed by atoms with Gasteiger partial charge in [0, 0.05) is 6.54 Å². The summed E-state index contributed by atoms with van der Waals surface area (Å²) in [5.74, 6) is 2.57. The molecular formula is C10H11ClN2. The SMILES string of the molecule is C#CCN(C)Cc1cccc(Cl)n1. The van der Waals surface area contributed by atoms with Crippen molar-refractivity contribution in [1.29, 1.82) is 0 Å². The van der Waals surface area contributed by atoms with Gasteiger partial charge in [-0.15, -0.1) is 6.42 Å². The minimum absolute atomic E-state index is 0.520. The van der Waals surface area contributed by atoms with Crippen LogP contribution < -0.4 is 0 Å². The molecule has 0 aliphatic heterocycles. The average molecular weight is 195 g/mol. The summed E-state index contributed by atoms with van der Waals surface area (Å²) in [4.78, 5) is 6.15. The first kappa shape index (κ1) is 10.0. The normalized spacial score (nSPS) is 10.0. The van der Waals surface area contributed by atoms with Crippen molar-refractivity contribution in [2.45, 2.75) is 6.54 Å². The van der Waals surface area contributed by atoms with E-state index >= 15 is 0 Å². The molecule has 0 saturated heterocycles. The van der Waals surface area contributed by atoms with Crippen molar-refractivity contribution in [2.24, 2.45) is 0 Å². The van der Waals surface area contributed by atoms with Crippen LogP contribution in [0, 0.1) is 12.3 Å². The number of aromatic nitrogens is 1. The third kappa shape index (κ3) is 3.45. The first-order chi connectivity index (χ1) is 6.22. The molecule has 1 aromatic heterocycles. The molecule has 0 amide bonds. The molecule has 68 valence electrons. The third-order valence-corrected chi connectivity index (χ3v) is 1.78. The lowest BCUT2D eigenvalue weighted by molar-refractivity contribution is 0.364. The van der Waals surface area contributed by atoms with Gasteiger partial charge in [-0.25, -0.2) is 4.98 Å². The number of pyridine rings is 1. The zero-order valence-corrected chi connectivity index (χ0v) is 8.25. The van der Waals surface area contributed by atoms with E-state index in [1.807, 2.05) is 24.1 Å². The second-order valence-electron chi connectivity index (χ2n) is 2.83. The van der Waals surface area contributed by atoms with Gasteiger partial charge < -0.3 is 0 Å². The maximum absolute atomic E-state index is 5.74. The summed E-state index contributed by atoms with van der Waals surface area (Å²) in [7, 11) is 1.95. The molecule has 0 atom stereocenters.